The van der Waals surface area contributed by atoms with E-state index in [4.69, 9.17) is 23.2 Å². The van der Waals surface area contributed by atoms with Crippen LogP contribution in [-0.4, -0.2) is 26.6 Å². The Balaban J connectivity index is 1.53. The van der Waals surface area contributed by atoms with Gasteiger partial charge in [0.25, 0.3) is 5.91 Å². The second-order valence-corrected chi connectivity index (χ2v) is 6.79. The van der Waals surface area contributed by atoms with Gasteiger partial charge in [-0.1, -0.05) is 35.3 Å². The van der Waals surface area contributed by atoms with E-state index in [-0.39, 0.29) is 18.2 Å². The molecule has 0 unspecified atom stereocenters. The molecule has 2 heterocycles. The molecule has 0 spiro atoms. The summed E-state index contributed by atoms with van der Waals surface area (Å²) in [7, 11) is 0. The van der Waals surface area contributed by atoms with E-state index >= 15 is 0 Å². The van der Waals surface area contributed by atoms with Crippen molar-refractivity contribution >= 4 is 46.7 Å². The predicted molar refractivity (Wildman–Crippen MR) is 103 cm³/mol. The van der Waals surface area contributed by atoms with Crippen LogP contribution in [-0.2, 0) is 9.59 Å². The number of rotatable bonds is 4. The minimum Gasteiger partial charge on any atom is -0.325 e. The van der Waals surface area contributed by atoms with Gasteiger partial charge in [0.1, 0.15) is 6.04 Å². The maximum absolute atomic E-state index is 12.4. The molecule has 9 heteroatoms. The molecule has 0 bridgehead atoms. The minimum absolute atomic E-state index is 0.0898. The fraction of sp³-hybridized carbons (Fsp3) is 0.111. The van der Waals surface area contributed by atoms with Crippen LogP contribution in [0.5, 0.6) is 0 Å². The molecule has 1 atom stereocenters. The molecule has 1 aromatic heterocycles. The van der Waals surface area contributed by atoms with Crippen molar-refractivity contribution in [2.75, 3.05) is 10.6 Å². The van der Waals surface area contributed by atoms with Gasteiger partial charge in [-0.25, -0.2) is 4.68 Å². The highest BCUT2D eigenvalue weighted by atomic mass is 35.5. The summed E-state index contributed by atoms with van der Waals surface area (Å²) < 4.78 is 1.43. The number of aromatic nitrogens is 3. The molecule has 3 aromatic rings. The summed E-state index contributed by atoms with van der Waals surface area (Å²) in [4.78, 5) is 28.9. The average molecular weight is 402 g/mol. The lowest BCUT2D eigenvalue weighted by Gasteiger charge is -2.10. The SMILES string of the molecule is O=C(C[C@@H]1C(=O)Nc2nc(-c3ccc(Cl)cc3)nn21)Nc1ccccc1Cl. The Morgan fingerprint density at radius 1 is 1.15 bits per heavy atom. The molecule has 0 radical (unpaired) electrons. The lowest BCUT2D eigenvalue weighted by atomic mass is 10.2. The van der Waals surface area contributed by atoms with Gasteiger partial charge in [0, 0.05) is 10.6 Å². The molecule has 1 aliphatic heterocycles. The Morgan fingerprint density at radius 3 is 2.63 bits per heavy atom. The lowest BCUT2D eigenvalue weighted by Crippen LogP contribution is -2.23. The zero-order valence-electron chi connectivity index (χ0n) is 13.8. The summed E-state index contributed by atoms with van der Waals surface area (Å²) >= 11 is 11.9. The molecule has 7 nitrogen and oxygen atoms in total. The maximum atomic E-state index is 12.4. The first-order valence-corrected chi connectivity index (χ1v) is 8.84. The molecule has 0 aliphatic carbocycles. The van der Waals surface area contributed by atoms with Gasteiger partial charge >= 0.3 is 0 Å². The number of benzene rings is 2. The molecule has 27 heavy (non-hydrogen) atoms. The molecule has 0 saturated heterocycles. The number of nitrogens with zero attached hydrogens (tertiary/aromatic N) is 3. The van der Waals surface area contributed by atoms with Crippen molar-refractivity contribution < 1.29 is 9.59 Å². The second-order valence-electron chi connectivity index (χ2n) is 5.95. The van der Waals surface area contributed by atoms with Crippen LogP contribution in [0.4, 0.5) is 11.6 Å². The third-order valence-electron chi connectivity index (χ3n) is 4.09. The van der Waals surface area contributed by atoms with Crippen LogP contribution >= 0.6 is 23.2 Å². The Morgan fingerprint density at radius 2 is 1.89 bits per heavy atom. The number of hydrogen-bond acceptors (Lipinski definition) is 4. The minimum atomic E-state index is -0.781. The first kappa shape index (κ1) is 17.5. The zero-order valence-corrected chi connectivity index (χ0v) is 15.3. The topological polar surface area (TPSA) is 88.9 Å². The summed E-state index contributed by atoms with van der Waals surface area (Å²) in [5, 5.41) is 10.8. The highest BCUT2D eigenvalue weighted by molar-refractivity contribution is 6.33. The number of anilines is 2. The van der Waals surface area contributed by atoms with Crippen molar-refractivity contribution in [1.29, 1.82) is 0 Å². The lowest BCUT2D eigenvalue weighted by molar-refractivity contribution is -0.123. The summed E-state index contributed by atoms with van der Waals surface area (Å²) in [6.45, 7) is 0. The predicted octanol–water partition coefficient (Wildman–Crippen LogP) is 3.77. The molecule has 2 amide bonds. The summed E-state index contributed by atoms with van der Waals surface area (Å²) in [5.41, 5.74) is 1.25. The molecule has 2 aromatic carbocycles. The Bertz CT molecular complexity index is 1030. The van der Waals surface area contributed by atoms with Crippen molar-refractivity contribution in [3.8, 4) is 11.4 Å². The van der Waals surface area contributed by atoms with Crippen molar-refractivity contribution in [2.24, 2.45) is 0 Å². The van der Waals surface area contributed by atoms with Crippen LogP contribution in [0, 0.1) is 0 Å². The van der Waals surface area contributed by atoms with Crippen molar-refractivity contribution in [2.45, 2.75) is 12.5 Å². The van der Waals surface area contributed by atoms with Crippen LogP contribution in [0.25, 0.3) is 11.4 Å². The van der Waals surface area contributed by atoms with Gasteiger partial charge in [0.2, 0.25) is 11.9 Å². The van der Waals surface area contributed by atoms with E-state index in [9.17, 15) is 9.59 Å². The molecule has 0 saturated carbocycles. The van der Waals surface area contributed by atoms with E-state index in [0.29, 0.717) is 27.5 Å². The number of halogens is 2. The number of carbonyl (C=O) groups is 2. The highest BCUT2D eigenvalue weighted by Gasteiger charge is 2.35. The first-order valence-electron chi connectivity index (χ1n) is 8.09. The smallest absolute Gasteiger partial charge is 0.252 e. The zero-order chi connectivity index (χ0) is 19.0. The normalized spacial score (nSPS) is 15.3. The van der Waals surface area contributed by atoms with Gasteiger partial charge in [-0.2, -0.15) is 4.98 Å². The average Bonchev–Trinajstić information content (AvgIpc) is 3.17. The number of hydrogen-bond donors (Lipinski definition) is 2. The van der Waals surface area contributed by atoms with Gasteiger partial charge in [-0.3, -0.25) is 14.9 Å². The van der Waals surface area contributed by atoms with Crippen molar-refractivity contribution in [3.63, 3.8) is 0 Å². The number of fused-ring (bicyclic) bond motifs is 1. The molecular formula is C18H13Cl2N5O2. The van der Waals surface area contributed by atoms with E-state index in [2.05, 4.69) is 20.7 Å². The third kappa shape index (κ3) is 3.51. The van der Waals surface area contributed by atoms with Gasteiger partial charge in [0.15, 0.2) is 5.82 Å². The molecule has 136 valence electrons. The van der Waals surface area contributed by atoms with Crippen LogP contribution in [0.15, 0.2) is 48.5 Å². The van der Waals surface area contributed by atoms with Gasteiger partial charge in [-0.05, 0) is 36.4 Å². The standard InChI is InChI=1S/C18H13Cl2N5O2/c19-11-7-5-10(6-8-11)16-22-18-23-17(27)14(25(18)24-16)9-15(26)21-13-4-2-1-3-12(13)20/h1-8,14H,9H2,(H,21,26)(H,22,23,24,27)/t14-/m1/s1. The van der Waals surface area contributed by atoms with E-state index in [1.54, 1.807) is 48.5 Å². The Kier molecular flexibility index (Phi) is 4.55. The largest absolute Gasteiger partial charge is 0.325 e. The molecule has 0 fully saturated rings. The van der Waals surface area contributed by atoms with Crippen molar-refractivity contribution in [3.05, 3.63) is 58.6 Å². The third-order valence-corrected chi connectivity index (χ3v) is 4.67. The maximum Gasteiger partial charge on any atom is 0.252 e. The van der Waals surface area contributed by atoms with Crippen LogP contribution in [0.2, 0.25) is 10.0 Å². The Hall–Kier alpha value is -2.90. The number of carbonyl (C=O) groups excluding carboxylic acids is 2. The summed E-state index contributed by atoms with van der Waals surface area (Å²) in [5.74, 6) is 0.0697. The number of para-hydroxylation sites is 1. The van der Waals surface area contributed by atoms with Crippen LogP contribution < -0.4 is 10.6 Å². The van der Waals surface area contributed by atoms with E-state index in [0.717, 1.165) is 5.56 Å². The van der Waals surface area contributed by atoms with Crippen molar-refractivity contribution in [1.82, 2.24) is 14.8 Å². The second kappa shape index (κ2) is 7.02. The monoisotopic (exact) mass is 401 g/mol. The first-order chi connectivity index (χ1) is 13.0. The number of nitrogens with one attached hydrogen (secondary N) is 2. The quantitative estimate of drug-likeness (QED) is 0.695. The Labute approximate surface area is 164 Å². The highest BCUT2D eigenvalue weighted by Crippen LogP contribution is 2.29. The summed E-state index contributed by atoms with van der Waals surface area (Å²) in [6, 6.07) is 13.1. The molecule has 2 N–H and O–H groups in total. The van der Waals surface area contributed by atoms with Gasteiger partial charge in [0.05, 0.1) is 17.1 Å². The van der Waals surface area contributed by atoms with Crippen LogP contribution in [0.3, 0.4) is 0 Å². The summed E-state index contributed by atoms with van der Waals surface area (Å²) in [6.07, 6.45) is -0.0898. The fourth-order valence-corrected chi connectivity index (χ4v) is 3.08. The fourth-order valence-electron chi connectivity index (χ4n) is 2.77. The van der Waals surface area contributed by atoms with E-state index in [1.807, 2.05) is 0 Å². The van der Waals surface area contributed by atoms with Gasteiger partial charge in [-0.15, -0.1) is 5.10 Å². The van der Waals surface area contributed by atoms with Gasteiger partial charge < -0.3 is 5.32 Å². The number of amides is 2. The van der Waals surface area contributed by atoms with E-state index < -0.39 is 6.04 Å². The van der Waals surface area contributed by atoms with E-state index in [1.165, 1.54) is 4.68 Å². The molecular weight excluding hydrogens is 389 g/mol. The van der Waals surface area contributed by atoms with Crippen LogP contribution in [0.1, 0.15) is 12.5 Å². The molecule has 1 aliphatic rings. The molecule has 4 rings (SSSR count).